The Morgan fingerprint density at radius 2 is 1.29 bits per heavy atom. The maximum absolute atomic E-state index is 10.8. The second-order valence-electron chi connectivity index (χ2n) is 8.46. The second kappa shape index (κ2) is 11.9. The van der Waals surface area contributed by atoms with Gasteiger partial charge in [0, 0.05) is 0 Å². The first kappa shape index (κ1) is 23.4. The third-order valence-electron chi connectivity index (χ3n) is 5.08. The molecule has 4 atom stereocenters. The lowest BCUT2D eigenvalue weighted by Gasteiger charge is -2.26. The minimum atomic E-state index is -1.71. The molecule has 0 aromatic carbocycles. The highest BCUT2D eigenvalue weighted by Gasteiger charge is 2.35. The summed E-state index contributed by atoms with van der Waals surface area (Å²) in [6.07, 6.45) is 7.97. The molecule has 0 radical (unpaired) electrons. The predicted octanol–water partition coefficient (Wildman–Crippen LogP) is 4.62. The van der Waals surface area contributed by atoms with E-state index in [9.17, 15) is 15.0 Å². The molecule has 0 aliphatic heterocycles. The number of aliphatic hydroxyl groups excluding tert-OH is 1. The summed E-state index contributed by atoms with van der Waals surface area (Å²) in [6.45, 7) is 10.5. The molecule has 0 saturated heterocycles. The summed E-state index contributed by atoms with van der Waals surface area (Å²) >= 11 is 0. The maximum atomic E-state index is 10.8. The number of aliphatic carboxylic acids is 1. The Labute approximate surface area is 148 Å². The van der Waals surface area contributed by atoms with Crippen molar-refractivity contribution in [2.45, 2.75) is 104 Å². The zero-order valence-electron chi connectivity index (χ0n) is 16.4. The number of rotatable bonds is 14. The Bertz CT molecular complexity index is 339. The van der Waals surface area contributed by atoms with Gasteiger partial charge in [-0.25, -0.2) is 4.79 Å². The average Bonchev–Trinajstić information content (AvgIpc) is 2.45. The van der Waals surface area contributed by atoms with Crippen LogP contribution in [0.25, 0.3) is 0 Å². The van der Waals surface area contributed by atoms with Crippen LogP contribution in [0.5, 0.6) is 0 Å². The summed E-state index contributed by atoms with van der Waals surface area (Å²) in [5, 5.41) is 28.3. The topological polar surface area (TPSA) is 77.8 Å². The summed E-state index contributed by atoms with van der Waals surface area (Å²) < 4.78 is 0. The third kappa shape index (κ3) is 11.0. The average molecular weight is 345 g/mol. The Morgan fingerprint density at radius 3 is 1.71 bits per heavy atom. The van der Waals surface area contributed by atoms with Gasteiger partial charge in [0.05, 0.1) is 5.60 Å². The van der Waals surface area contributed by atoms with Gasteiger partial charge >= 0.3 is 5.97 Å². The fourth-order valence-electron chi connectivity index (χ4n) is 3.19. The van der Waals surface area contributed by atoms with E-state index in [1.54, 1.807) is 0 Å². The van der Waals surface area contributed by atoms with E-state index in [1.807, 2.05) is 0 Å². The van der Waals surface area contributed by atoms with Gasteiger partial charge in [0.1, 0.15) is 0 Å². The molecule has 4 heteroatoms. The fourth-order valence-corrected chi connectivity index (χ4v) is 3.19. The van der Waals surface area contributed by atoms with E-state index in [-0.39, 0.29) is 0 Å². The van der Waals surface area contributed by atoms with Gasteiger partial charge in [-0.05, 0) is 31.1 Å². The minimum absolute atomic E-state index is 0.316. The highest BCUT2D eigenvalue weighted by molar-refractivity contribution is 5.73. The molecule has 144 valence electrons. The van der Waals surface area contributed by atoms with Gasteiger partial charge in [0.2, 0.25) is 0 Å². The zero-order valence-corrected chi connectivity index (χ0v) is 16.4. The first-order chi connectivity index (χ1) is 11.1. The van der Waals surface area contributed by atoms with Crippen LogP contribution in [0.15, 0.2) is 0 Å². The van der Waals surface area contributed by atoms with Crippen molar-refractivity contribution in [1.82, 2.24) is 0 Å². The molecule has 0 aromatic heterocycles. The zero-order chi connectivity index (χ0) is 18.8. The van der Waals surface area contributed by atoms with Gasteiger partial charge in [-0.1, -0.05) is 79.1 Å². The molecule has 0 aliphatic rings. The van der Waals surface area contributed by atoms with Crippen molar-refractivity contribution in [2.75, 3.05) is 0 Å². The molecule has 0 heterocycles. The van der Waals surface area contributed by atoms with Crippen LogP contribution in [0.3, 0.4) is 0 Å². The van der Waals surface area contributed by atoms with Crippen LogP contribution >= 0.6 is 0 Å². The van der Waals surface area contributed by atoms with Gasteiger partial charge in [-0.15, -0.1) is 0 Å². The SMILES string of the molecule is CC(C)CCCC(C)CCCC(C)CCCC(C)(O)C(O)C(=O)O. The normalized spacial score (nSPS) is 18.2. The molecular weight excluding hydrogens is 304 g/mol. The Kier molecular flexibility index (Phi) is 11.6. The van der Waals surface area contributed by atoms with E-state index in [2.05, 4.69) is 27.7 Å². The van der Waals surface area contributed by atoms with Crippen molar-refractivity contribution in [3.8, 4) is 0 Å². The Balaban J connectivity index is 3.80. The molecule has 24 heavy (non-hydrogen) atoms. The number of hydrogen-bond acceptors (Lipinski definition) is 3. The molecule has 0 spiro atoms. The van der Waals surface area contributed by atoms with E-state index < -0.39 is 17.7 Å². The maximum Gasteiger partial charge on any atom is 0.335 e. The summed E-state index contributed by atoms with van der Waals surface area (Å²) in [4.78, 5) is 10.8. The fraction of sp³-hybridized carbons (Fsp3) is 0.950. The molecule has 3 N–H and O–H groups in total. The molecule has 0 amide bonds. The molecule has 0 fully saturated rings. The van der Waals surface area contributed by atoms with Crippen LogP contribution in [0.2, 0.25) is 0 Å². The number of carboxylic acids is 1. The lowest BCUT2D eigenvalue weighted by molar-refractivity contribution is -0.162. The molecule has 0 aliphatic carbocycles. The van der Waals surface area contributed by atoms with Crippen LogP contribution < -0.4 is 0 Å². The molecular formula is C20H40O4. The van der Waals surface area contributed by atoms with Gasteiger partial charge in [0.25, 0.3) is 0 Å². The smallest absolute Gasteiger partial charge is 0.335 e. The molecule has 0 aromatic rings. The van der Waals surface area contributed by atoms with Crippen LogP contribution in [-0.2, 0) is 4.79 Å². The first-order valence-corrected chi connectivity index (χ1v) is 9.69. The number of carboxylic acid groups (broad SMARTS) is 1. The Morgan fingerprint density at radius 1 is 0.875 bits per heavy atom. The van der Waals surface area contributed by atoms with Crippen molar-refractivity contribution in [1.29, 1.82) is 0 Å². The highest BCUT2D eigenvalue weighted by atomic mass is 16.4. The van der Waals surface area contributed by atoms with Crippen molar-refractivity contribution < 1.29 is 20.1 Å². The molecule has 4 unspecified atom stereocenters. The summed E-state index contributed by atoms with van der Waals surface area (Å²) in [7, 11) is 0. The minimum Gasteiger partial charge on any atom is -0.479 e. The van der Waals surface area contributed by atoms with Crippen molar-refractivity contribution in [3.63, 3.8) is 0 Å². The van der Waals surface area contributed by atoms with Gasteiger partial charge in [0.15, 0.2) is 6.10 Å². The van der Waals surface area contributed by atoms with Crippen LogP contribution in [0.4, 0.5) is 0 Å². The van der Waals surface area contributed by atoms with Crippen molar-refractivity contribution in [3.05, 3.63) is 0 Å². The summed E-state index contributed by atoms with van der Waals surface area (Å²) in [5.74, 6) is 0.807. The second-order valence-corrected chi connectivity index (χ2v) is 8.46. The van der Waals surface area contributed by atoms with Crippen molar-refractivity contribution in [2.24, 2.45) is 17.8 Å². The van der Waals surface area contributed by atoms with Crippen LogP contribution in [-0.4, -0.2) is 33.0 Å². The highest BCUT2D eigenvalue weighted by Crippen LogP contribution is 2.24. The number of carbonyl (C=O) groups is 1. The van der Waals surface area contributed by atoms with Crippen LogP contribution in [0.1, 0.15) is 92.4 Å². The van der Waals surface area contributed by atoms with Gasteiger partial charge < -0.3 is 15.3 Å². The quantitative estimate of drug-likeness (QED) is 0.429. The van der Waals surface area contributed by atoms with Crippen molar-refractivity contribution >= 4 is 5.97 Å². The monoisotopic (exact) mass is 344 g/mol. The summed E-state index contributed by atoms with van der Waals surface area (Å²) in [6, 6.07) is 0. The largest absolute Gasteiger partial charge is 0.479 e. The van der Waals surface area contributed by atoms with Gasteiger partial charge in [-0.2, -0.15) is 0 Å². The predicted molar refractivity (Wildman–Crippen MR) is 99.0 cm³/mol. The molecule has 0 bridgehead atoms. The molecule has 4 nitrogen and oxygen atoms in total. The summed E-state index contributed by atoms with van der Waals surface area (Å²) in [5.41, 5.74) is -1.55. The number of aliphatic hydroxyl groups is 2. The standard InChI is InChI=1S/C20H40O4/c1-15(2)9-6-10-16(3)11-7-12-17(4)13-8-14-20(5,24)18(21)19(22)23/h15-18,21,24H,6-14H2,1-5H3,(H,22,23). The number of hydrogen-bond donors (Lipinski definition) is 3. The van der Waals surface area contributed by atoms with Gasteiger partial charge in [-0.3, -0.25) is 0 Å². The molecule has 0 saturated carbocycles. The van der Waals surface area contributed by atoms with E-state index in [0.29, 0.717) is 12.3 Å². The first-order valence-electron chi connectivity index (χ1n) is 9.69. The van der Waals surface area contributed by atoms with E-state index >= 15 is 0 Å². The Hall–Kier alpha value is -0.610. The third-order valence-corrected chi connectivity index (χ3v) is 5.08. The molecule has 0 rings (SSSR count). The van der Waals surface area contributed by atoms with E-state index in [0.717, 1.165) is 24.7 Å². The van der Waals surface area contributed by atoms with Crippen LogP contribution in [0, 0.1) is 17.8 Å². The van der Waals surface area contributed by atoms with E-state index in [4.69, 9.17) is 5.11 Å². The van der Waals surface area contributed by atoms with E-state index in [1.165, 1.54) is 45.4 Å². The lowest BCUT2D eigenvalue weighted by Crippen LogP contribution is -2.44. The lowest BCUT2D eigenvalue weighted by atomic mass is 9.88.